The second kappa shape index (κ2) is 6.45. The number of amides is 1. The summed E-state index contributed by atoms with van der Waals surface area (Å²) in [6.45, 7) is 0.204. The second-order valence-electron chi connectivity index (χ2n) is 5.18. The van der Waals surface area contributed by atoms with Crippen molar-refractivity contribution in [3.8, 4) is 22.8 Å². The maximum Gasteiger partial charge on any atom is 0.260 e. The van der Waals surface area contributed by atoms with Gasteiger partial charge in [-0.25, -0.2) is 9.37 Å². The number of halogens is 2. The average Bonchev–Trinajstić information content (AvgIpc) is 3.25. The summed E-state index contributed by atoms with van der Waals surface area (Å²) >= 11 is 4.49. The van der Waals surface area contributed by atoms with E-state index in [2.05, 4.69) is 26.2 Å². The van der Waals surface area contributed by atoms with Crippen molar-refractivity contribution in [3.05, 3.63) is 57.6 Å². The molecule has 5 nitrogen and oxygen atoms in total. The fourth-order valence-electron chi connectivity index (χ4n) is 2.36. The van der Waals surface area contributed by atoms with E-state index in [1.54, 1.807) is 0 Å². The van der Waals surface area contributed by atoms with Gasteiger partial charge < -0.3 is 9.47 Å². The second-order valence-corrected chi connectivity index (χ2v) is 6.96. The number of anilines is 1. The van der Waals surface area contributed by atoms with E-state index in [-0.39, 0.29) is 12.4 Å². The summed E-state index contributed by atoms with van der Waals surface area (Å²) in [6.07, 6.45) is 0. The molecular weight excluding hydrogens is 411 g/mol. The number of carbonyl (C=O) groups excluding carboxylic acids is 1. The van der Waals surface area contributed by atoms with E-state index in [0.29, 0.717) is 26.8 Å². The smallest absolute Gasteiger partial charge is 0.260 e. The number of ether oxygens (including phenoxy) is 2. The number of carbonyl (C=O) groups is 1. The molecule has 4 rings (SSSR count). The third-order valence-corrected chi connectivity index (χ3v) is 4.82. The van der Waals surface area contributed by atoms with Crippen LogP contribution in [0.25, 0.3) is 11.3 Å². The summed E-state index contributed by atoms with van der Waals surface area (Å²) in [5.41, 5.74) is 1.48. The Morgan fingerprint density at radius 2 is 2.04 bits per heavy atom. The highest BCUT2D eigenvalue weighted by Gasteiger charge is 2.17. The Morgan fingerprint density at radius 3 is 2.92 bits per heavy atom. The summed E-state index contributed by atoms with van der Waals surface area (Å²) in [7, 11) is 0. The molecule has 0 bridgehead atoms. The standard InChI is InChI=1S/C17H10BrFN2O3S/c18-10-2-3-12(19)11(6-10)16(22)21-17-20-13(7-25-17)9-1-4-14-15(5-9)24-8-23-14/h1-7H,8H2,(H,20,21,22). The molecule has 25 heavy (non-hydrogen) atoms. The highest BCUT2D eigenvalue weighted by Crippen LogP contribution is 2.36. The predicted octanol–water partition coefficient (Wildman–Crippen LogP) is 4.69. The number of nitrogens with one attached hydrogen (secondary N) is 1. The number of hydrogen-bond donors (Lipinski definition) is 1. The maximum absolute atomic E-state index is 13.8. The molecule has 0 saturated heterocycles. The van der Waals surface area contributed by atoms with Crippen LogP contribution < -0.4 is 14.8 Å². The van der Waals surface area contributed by atoms with Crippen molar-refractivity contribution in [2.75, 3.05) is 12.1 Å². The molecule has 0 spiro atoms. The molecule has 1 aliphatic heterocycles. The Kier molecular flexibility index (Phi) is 4.14. The van der Waals surface area contributed by atoms with Gasteiger partial charge in [0.05, 0.1) is 11.3 Å². The van der Waals surface area contributed by atoms with E-state index in [9.17, 15) is 9.18 Å². The third kappa shape index (κ3) is 3.22. The van der Waals surface area contributed by atoms with Crippen LogP contribution in [0, 0.1) is 5.82 Å². The summed E-state index contributed by atoms with van der Waals surface area (Å²) < 4.78 is 25.1. The van der Waals surface area contributed by atoms with Crippen molar-refractivity contribution < 1.29 is 18.7 Å². The van der Waals surface area contributed by atoms with Crippen LogP contribution in [0.2, 0.25) is 0 Å². The zero-order chi connectivity index (χ0) is 17.4. The van der Waals surface area contributed by atoms with Crippen LogP contribution in [0.15, 0.2) is 46.3 Å². The zero-order valence-corrected chi connectivity index (χ0v) is 15.0. The summed E-state index contributed by atoms with van der Waals surface area (Å²) in [6, 6.07) is 9.70. The first kappa shape index (κ1) is 16.0. The lowest BCUT2D eigenvalue weighted by atomic mass is 10.1. The number of nitrogens with zero attached hydrogens (tertiary/aromatic N) is 1. The lowest BCUT2D eigenvalue weighted by molar-refractivity contribution is 0.102. The van der Waals surface area contributed by atoms with Crippen LogP contribution in [0.3, 0.4) is 0 Å². The predicted molar refractivity (Wildman–Crippen MR) is 95.7 cm³/mol. The van der Waals surface area contributed by atoms with Gasteiger partial charge in [-0.15, -0.1) is 11.3 Å². The van der Waals surface area contributed by atoms with Gasteiger partial charge in [-0.05, 0) is 36.4 Å². The largest absolute Gasteiger partial charge is 0.454 e. The molecule has 0 unspecified atom stereocenters. The number of hydrogen-bond acceptors (Lipinski definition) is 5. The van der Waals surface area contributed by atoms with Crippen LogP contribution in [-0.2, 0) is 0 Å². The van der Waals surface area contributed by atoms with Crippen molar-refractivity contribution >= 4 is 38.3 Å². The van der Waals surface area contributed by atoms with Gasteiger partial charge in [0.2, 0.25) is 6.79 Å². The van der Waals surface area contributed by atoms with E-state index in [1.165, 1.54) is 29.5 Å². The Labute approximate surface area is 154 Å². The lowest BCUT2D eigenvalue weighted by Crippen LogP contribution is -2.13. The Hall–Kier alpha value is -2.45. The van der Waals surface area contributed by atoms with E-state index in [4.69, 9.17) is 9.47 Å². The van der Waals surface area contributed by atoms with Crippen LogP contribution in [0.4, 0.5) is 9.52 Å². The maximum atomic E-state index is 13.8. The van der Waals surface area contributed by atoms with E-state index < -0.39 is 11.7 Å². The molecule has 1 aliphatic rings. The molecular formula is C17H10BrFN2O3S. The third-order valence-electron chi connectivity index (χ3n) is 3.57. The molecule has 1 amide bonds. The quantitative estimate of drug-likeness (QED) is 0.667. The molecule has 3 aromatic rings. The van der Waals surface area contributed by atoms with Gasteiger partial charge in [0.25, 0.3) is 5.91 Å². The van der Waals surface area contributed by atoms with Crippen LogP contribution >= 0.6 is 27.3 Å². The molecule has 8 heteroatoms. The average molecular weight is 421 g/mol. The molecule has 2 aromatic carbocycles. The van der Waals surface area contributed by atoms with Crippen molar-refractivity contribution in [1.82, 2.24) is 4.98 Å². The van der Waals surface area contributed by atoms with Gasteiger partial charge in [0, 0.05) is 15.4 Å². The van der Waals surface area contributed by atoms with Crippen molar-refractivity contribution in [2.45, 2.75) is 0 Å². The van der Waals surface area contributed by atoms with Gasteiger partial charge in [-0.1, -0.05) is 15.9 Å². The number of aromatic nitrogens is 1. The van der Waals surface area contributed by atoms with Gasteiger partial charge in [-0.3, -0.25) is 10.1 Å². The first-order valence-corrected chi connectivity index (χ1v) is 8.89. The van der Waals surface area contributed by atoms with Crippen molar-refractivity contribution in [2.24, 2.45) is 0 Å². The van der Waals surface area contributed by atoms with Crippen molar-refractivity contribution in [3.63, 3.8) is 0 Å². The van der Waals surface area contributed by atoms with Crippen LogP contribution in [0.1, 0.15) is 10.4 Å². The van der Waals surface area contributed by atoms with E-state index in [1.807, 2.05) is 23.6 Å². The zero-order valence-electron chi connectivity index (χ0n) is 12.6. The minimum atomic E-state index is -0.590. The Bertz CT molecular complexity index is 976. The topological polar surface area (TPSA) is 60.5 Å². The van der Waals surface area contributed by atoms with Gasteiger partial charge >= 0.3 is 0 Å². The fourth-order valence-corrected chi connectivity index (χ4v) is 3.43. The summed E-state index contributed by atoms with van der Waals surface area (Å²) in [5, 5.41) is 4.82. The number of benzene rings is 2. The summed E-state index contributed by atoms with van der Waals surface area (Å²) in [4.78, 5) is 16.6. The van der Waals surface area contributed by atoms with Crippen LogP contribution in [0.5, 0.6) is 11.5 Å². The van der Waals surface area contributed by atoms with Gasteiger partial charge in [-0.2, -0.15) is 0 Å². The molecule has 0 fully saturated rings. The van der Waals surface area contributed by atoms with Crippen molar-refractivity contribution in [1.29, 1.82) is 0 Å². The van der Waals surface area contributed by atoms with E-state index in [0.717, 1.165) is 5.56 Å². The van der Waals surface area contributed by atoms with Gasteiger partial charge in [0.1, 0.15) is 5.82 Å². The fraction of sp³-hybridized carbons (Fsp3) is 0.0588. The summed E-state index contributed by atoms with van der Waals surface area (Å²) in [5.74, 6) is 0.212. The highest BCUT2D eigenvalue weighted by molar-refractivity contribution is 9.10. The highest BCUT2D eigenvalue weighted by atomic mass is 79.9. The molecule has 126 valence electrons. The first-order chi connectivity index (χ1) is 12.1. The minimum Gasteiger partial charge on any atom is -0.454 e. The molecule has 0 aliphatic carbocycles. The van der Waals surface area contributed by atoms with E-state index >= 15 is 0 Å². The minimum absolute atomic E-state index is 0.0470. The molecule has 0 saturated carbocycles. The van der Waals surface area contributed by atoms with Crippen LogP contribution in [-0.4, -0.2) is 17.7 Å². The molecule has 0 radical (unpaired) electrons. The molecule has 1 N–H and O–H groups in total. The lowest BCUT2D eigenvalue weighted by Gasteiger charge is -2.04. The number of rotatable bonds is 3. The normalized spacial score (nSPS) is 12.2. The first-order valence-electron chi connectivity index (χ1n) is 7.22. The Balaban J connectivity index is 1.55. The van der Waals surface area contributed by atoms with Gasteiger partial charge in [0.15, 0.2) is 16.6 Å². The monoisotopic (exact) mass is 420 g/mol. The molecule has 0 atom stereocenters. The number of fused-ring (bicyclic) bond motifs is 1. The Morgan fingerprint density at radius 1 is 1.20 bits per heavy atom. The molecule has 1 aromatic heterocycles. The number of thiazole rings is 1. The molecule has 2 heterocycles. The SMILES string of the molecule is O=C(Nc1nc(-c2ccc3c(c2)OCO3)cs1)c1cc(Br)ccc1F.